The zero-order chi connectivity index (χ0) is 34.6. The van der Waals surface area contributed by atoms with Crippen LogP contribution < -0.4 is 10.6 Å². The van der Waals surface area contributed by atoms with Crippen molar-refractivity contribution in [2.24, 2.45) is 0 Å². The highest BCUT2D eigenvalue weighted by atomic mass is 35.5. The molecule has 0 aromatic heterocycles. The molecule has 0 spiro atoms. The van der Waals surface area contributed by atoms with Crippen LogP contribution in [0.1, 0.15) is 27.8 Å². The predicted octanol–water partition coefficient (Wildman–Crippen LogP) is 8.64. The van der Waals surface area contributed by atoms with Gasteiger partial charge in [-0.3, -0.25) is 19.4 Å². The molecular formula is C39H36ClF3N4O2. The van der Waals surface area contributed by atoms with E-state index in [1.165, 1.54) is 0 Å². The average molecular weight is 685 g/mol. The zero-order valence-electron chi connectivity index (χ0n) is 26.7. The van der Waals surface area contributed by atoms with Crippen LogP contribution in [0.25, 0.3) is 0 Å². The van der Waals surface area contributed by atoms with Crippen LogP contribution in [-0.2, 0) is 41.9 Å². The summed E-state index contributed by atoms with van der Waals surface area (Å²) >= 11 is 6.59. The second kappa shape index (κ2) is 16.9. The van der Waals surface area contributed by atoms with E-state index in [2.05, 4.69) is 10.6 Å². The number of alkyl halides is 3. The molecule has 2 N–H and O–H groups in total. The van der Waals surface area contributed by atoms with Crippen LogP contribution in [0.4, 0.5) is 24.5 Å². The zero-order valence-corrected chi connectivity index (χ0v) is 27.4. The van der Waals surface area contributed by atoms with E-state index in [9.17, 15) is 22.8 Å². The van der Waals surface area contributed by atoms with Crippen LogP contribution in [-0.4, -0.2) is 34.7 Å². The average Bonchev–Trinajstić information content (AvgIpc) is 3.08. The summed E-state index contributed by atoms with van der Waals surface area (Å²) in [6, 6.07) is 39.9. The molecule has 0 aliphatic rings. The molecule has 5 rings (SSSR count). The van der Waals surface area contributed by atoms with Gasteiger partial charge in [-0.2, -0.15) is 13.2 Å². The first-order valence-corrected chi connectivity index (χ1v) is 16.1. The third-order valence-corrected chi connectivity index (χ3v) is 8.09. The molecule has 0 saturated heterocycles. The molecule has 0 atom stereocenters. The fourth-order valence-corrected chi connectivity index (χ4v) is 5.66. The maximum absolute atomic E-state index is 14.1. The summed E-state index contributed by atoms with van der Waals surface area (Å²) < 4.78 is 42.2. The number of hydrogen-bond acceptors (Lipinski definition) is 4. The normalized spacial score (nSPS) is 11.5. The second-order valence-electron chi connectivity index (χ2n) is 11.7. The first kappa shape index (κ1) is 35.3. The van der Waals surface area contributed by atoms with Crippen molar-refractivity contribution in [3.8, 4) is 0 Å². The van der Waals surface area contributed by atoms with Gasteiger partial charge in [0.25, 0.3) is 0 Å². The lowest BCUT2D eigenvalue weighted by Gasteiger charge is -2.24. The van der Waals surface area contributed by atoms with Crippen LogP contribution in [0, 0.1) is 0 Å². The minimum Gasteiger partial charge on any atom is -0.324 e. The van der Waals surface area contributed by atoms with Crippen molar-refractivity contribution in [1.82, 2.24) is 9.80 Å². The van der Waals surface area contributed by atoms with E-state index in [0.717, 1.165) is 34.4 Å². The first-order chi connectivity index (χ1) is 23.6. The monoisotopic (exact) mass is 684 g/mol. The second-order valence-corrected chi connectivity index (χ2v) is 12.1. The maximum Gasteiger partial charge on any atom is 0.416 e. The van der Waals surface area contributed by atoms with Crippen LogP contribution >= 0.6 is 11.6 Å². The minimum atomic E-state index is -4.76. The van der Waals surface area contributed by atoms with Gasteiger partial charge in [-0.1, -0.05) is 133 Å². The van der Waals surface area contributed by atoms with E-state index < -0.39 is 23.6 Å². The Kier molecular flexibility index (Phi) is 12.2. The Balaban J connectivity index is 1.34. The van der Waals surface area contributed by atoms with Crippen LogP contribution in [0.15, 0.2) is 133 Å². The molecule has 10 heteroatoms. The van der Waals surface area contributed by atoms with Crippen molar-refractivity contribution < 1.29 is 22.8 Å². The molecule has 2 amide bonds. The molecule has 0 unspecified atom stereocenters. The molecule has 0 aliphatic heterocycles. The Hall–Kier alpha value is -4.96. The van der Waals surface area contributed by atoms with Crippen molar-refractivity contribution >= 4 is 34.8 Å². The van der Waals surface area contributed by atoms with Gasteiger partial charge in [0.1, 0.15) is 0 Å². The van der Waals surface area contributed by atoms with Crippen LogP contribution in [0.5, 0.6) is 0 Å². The van der Waals surface area contributed by atoms with E-state index in [1.807, 2.05) is 131 Å². The molecule has 49 heavy (non-hydrogen) atoms. The molecule has 0 heterocycles. The number of carbonyl (C=O) groups excluding carboxylic acids is 2. The van der Waals surface area contributed by atoms with E-state index >= 15 is 0 Å². The summed E-state index contributed by atoms with van der Waals surface area (Å²) in [5.74, 6) is -1.11. The molecule has 0 saturated carbocycles. The Morgan fingerprint density at radius 1 is 0.531 bits per heavy atom. The van der Waals surface area contributed by atoms with Crippen molar-refractivity contribution in [1.29, 1.82) is 0 Å². The number of rotatable bonds is 14. The fraction of sp³-hybridized carbons (Fsp3) is 0.179. The van der Waals surface area contributed by atoms with E-state index in [1.54, 1.807) is 0 Å². The van der Waals surface area contributed by atoms with Gasteiger partial charge >= 0.3 is 6.18 Å². The van der Waals surface area contributed by atoms with Gasteiger partial charge in [0.05, 0.1) is 35.1 Å². The van der Waals surface area contributed by atoms with Gasteiger partial charge in [-0.05, 0) is 34.4 Å². The number of amides is 2. The summed E-state index contributed by atoms with van der Waals surface area (Å²) in [4.78, 5) is 30.5. The molecule has 6 nitrogen and oxygen atoms in total. The molecular weight excluding hydrogens is 649 g/mol. The lowest BCUT2D eigenvalue weighted by Crippen LogP contribution is -2.33. The summed E-state index contributed by atoms with van der Waals surface area (Å²) in [5.41, 5.74) is 2.34. The van der Waals surface area contributed by atoms with Gasteiger partial charge in [0, 0.05) is 26.2 Å². The first-order valence-electron chi connectivity index (χ1n) is 15.7. The van der Waals surface area contributed by atoms with Crippen molar-refractivity contribution in [2.75, 3.05) is 23.7 Å². The molecule has 5 aromatic carbocycles. The minimum absolute atomic E-state index is 0.119. The fourth-order valence-electron chi connectivity index (χ4n) is 5.46. The third kappa shape index (κ3) is 11.0. The van der Waals surface area contributed by atoms with Crippen molar-refractivity contribution in [3.05, 3.63) is 166 Å². The number of nitrogens with zero attached hydrogens (tertiary/aromatic N) is 2. The van der Waals surface area contributed by atoms with Gasteiger partial charge < -0.3 is 10.6 Å². The Morgan fingerprint density at radius 2 is 0.816 bits per heavy atom. The highest BCUT2D eigenvalue weighted by Crippen LogP contribution is 2.39. The van der Waals surface area contributed by atoms with E-state index in [4.69, 9.17) is 11.6 Å². The van der Waals surface area contributed by atoms with Gasteiger partial charge in [0.15, 0.2) is 0 Å². The molecule has 0 bridgehead atoms. The smallest absolute Gasteiger partial charge is 0.324 e. The quantitative estimate of drug-likeness (QED) is 0.123. The Labute approximate surface area is 289 Å². The standard InChI is InChI=1S/C39H36ClF3N4O2/c40-38-34(44-36(48)27-46(23-29-13-5-1-6-14-29)24-30-15-7-2-8-16-30)21-33(39(41,42)43)22-35(38)45-37(49)28-47(25-31-17-9-3-10-18-31)26-32-19-11-4-12-20-32/h1-22H,23-28H2,(H,44,48)(H,45,49). The maximum atomic E-state index is 14.1. The number of halogens is 4. The van der Waals surface area contributed by atoms with Crippen LogP contribution in [0.3, 0.4) is 0 Å². The number of carbonyl (C=O) groups is 2. The summed E-state index contributed by atoms with van der Waals surface area (Å²) in [7, 11) is 0. The number of hydrogen-bond donors (Lipinski definition) is 2. The Bertz CT molecular complexity index is 1600. The SMILES string of the molecule is O=C(CN(Cc1ccccc1)Cc1ccccc1)Nc1cc(C(F)(F)F)cc(NC(=O)CN(Cc2ccccc2)Cc2ccccc2)c1Cl. The lowest BCUT2D eigenvalue weighted by atomic mass is 10.1. The number of benzene rings is 5. The van der Waals surface area contributed by atoms with Gasteiger partial charge in [0.2, 0.25) is 11.8 Å². The summed E-state index contributed by atoms with van der Waals surface area (Å²) in [5, 5.41) is 4.94. The summed E-state index contributed by atoms with van der Waals surface area (Å²) in [6.07, 6.45) is -4.76. The van der Waals surface area contributed by atoms with Gasteiger partial charge in [-0.25, -0.2) is 0 Å². The van der Waals surface area contributed by atoms with E-state index in [0.29, 0.717) is 26.2 Å². The van der Waals surface area contributed by atoms with Crippen molar-refractivity contribution in [3.63, 3.8) is 0 Å². The molecule has 0 fully saturated rings. The Morgan fingerprint density at radius 3 is 1.08 bits per heavy atom. The molecule has 0 radical (unpaired) electrons. The predicted molar refractivity (Wildman–Crippen MR) is 188 cm³/mol. The highest BCUT2D eigenvalue weighted by Gasteiger charge is 2.33. The third-order valence-electron chi connectivity index (χ3n) is 7.68. The number of anilines is 2. The largest absolute Gasteiger partial charge is 0.416 e. The van der Waals surface area contributed by atoms with Crippen molar-refractivity contribution in [2.45, 2.75) is 32.4 Å². The van der Waals surface area contributed by atoms with Crippen LogP contribution in [0.2, 0.25) is 5.02 Å². The van der Waals surface area contributed by atoms with Gasteiger partial charge in [-0.15, -0.1) is 0 Å². The van der Waals surface area contributed by atoms with E-state index in [-0.39, 0.29) is 29.5 Å². The lowest BCUT2D eigenvalue weighted by molar-refractivity contribution is -0.137. The highest BCUT2D eigenvalue weighted by molar-refractivity contribution is 6.37. The summed E-state index contributed by atoms with van der Waals surface area (Å²) in [6.45, 7) is 1.50. The topological polar surface area (TPSA) is 64.7 Å². The number of nitrogens with one attached hydrogen (secondary N) is 2. The molecule has 0 aliphatic carbocycles. The molecule has 252 valence electrons. The molecule has 5 aromatic rings.